The lowest BCUT2D eigenvalue weighted by molar-refractivity contribution is 0.475. The lowest BCUT2D eigenvalue weighted by Gasteiger charge is -2.37. The van der Waals surface area contributed by atoms with Crippen LogP contribution in [0.15, 0.2) is 48.8 Å². The van der Waals surface area contributed by atoms with E-state index in [0.717, 1.165) is 31.9 Å². The van der Waals surface area contributed by atoms with Gasteiger partial charge in [-0.05, 0) is 36.4 Å². The molecule has 3 aromatic rings. The molecule has 4 rings (SSSR count). The van der Waals surface area contributed by atoms with Crippen molar-refractivity contribution in [2.75, 3.05) is 36.0 Å². The van der Waals surface area contributed by atoms with Crippen molar-refractivity contribution in [3.63, 3.8) is 0 Å². The van der Waals surface area contributed by atoms with Crippen molar-refractivity contribution >= 4 is 22.4 Å². The highest BCUT2D eigenvalue weighted by molar-refractivity contribution is 5.89. The number of phenols is 1. The molecule has 5 nitrogen and oxygen atoms in total. The van der Waals surface area contributed by atoms with Gasteiger partial charge in [0.1, 0.15) is 23.7 Å². The summed E-state index contributed by atoms with van der Waals surface area (Å²) in [6.45, 7) is 3.12. The second-order valence-corrected chi connectivity index (χ2v) is 5.82. The van der Waals surface area contributed by atoms with Gasteiger partial charge >= 0.3 is 0 Å². The van der Waals surface area contributed by atoms with Crippen LogP contribution < -0.4 is 9.80 Å². The van der Waals surface area contributed by atoms with Gasteiger partial charge in [0.25, 0.3) is 0 Å². The molecule has 6 heteroatoms. The third kappa shape index (κ3) is 2.60. The molecule has 0 bridgehead atoms. The van der Waals surface area contributed by atoms with E-state index in [1.807, 2.05) is 12.1 Å². The van der Waals surface area contributed by atoms with Gasteiger partial charge in [-0.25, -0.2) is 14.4 Å². The first-order valence-electron chi connectivity index (χ1n) is 7.90. The van der Waals surface area contributed by atoms with Gasteiger partial charge in [-0.1, -0.05) is 6.07 Å². The van der Waals surface area contributed by atoms with E-state index in [1.54, 1.807) is 24.3 Å². The Morgan fingerprint density at radius 1 is 0.875 bits per heavy atom. The largest absolute Gasteiger partial charge is 0.508 e. The zero-order valence-corrected chi connectivity index (χ0v) is 13.1. The molecule has 0 atom stereocenters. The van der Waals surface area contributed by atoms with Crippen LogP contribution in [-0.2, 0) is 0 Å². The van der Waals surface area contributed by atoms with Crippen molar-refractivity contribution in [2.45, 2.75) is 0 Å². The van der Waals surface area contributed by atoms with Gasteiger partial charge in [0.15, 0.2) is 0 Å². The van der Waals surface area contributed by atoms with Crippen LogP contribution in [0.5, 0.6) is 5.75 Å². The number of hydrogen-bond donors (Lipinski definition) is 1. The van der Waals surface area contributed by atoms with E-state index in [-0.39, 0.29) is 11.6 Å². The number of halogens is 1. The predicted molar refractivity (Wildman–Crippen MR) is 92.0 cm³/mol. The van der Waals surface area contributed by atoms with E-state index in [0.29, 0.717) is 16.7 Å². The second kappa shape index (κ2) is 5.96. The predicted octanol–water partition coefficient (Wildman–Crippen LogP) is 2.80. The third-order valence-electron chi connectivity index (χ3n) is 4.39. The first-order valence-corrected chi connectivity index (χ1v) is 7.90. The van der Waals surface area contributed by atoms with Crippen LogP contribution in [0, 0.1) is 5.82 Å². The summed E-state index contributed by atoms with van der Waals surface area (Å²) < 4.78 is 14.2. The van der Waals surface area contributed by atoms with Gasteiger partial charge in [0.2, 0.25) is 0 Å². The molecular formula is C18H17FN4O. The number of fused-ring (bicyclic) bond motifs is 1. The van der Waals surface area contributed by atoms with Gasteiger partial charge in [-0.2, -0.15) is 0 Å². The molecule has 0 amide bonds. The van der Waals surface area contributed by atoms with Crippen molar-refractivity contribution in [3.05, 3.63) is 54.6 Å². The van der Waals surface area contributed by atoms with E-state index in [9.17, 15) is 9.50 Å². The van der Waals surface area contributed by atoms with Crippen LogP contribution >= 0.6 is 0 Å². The number of aromatic nitrogens is 2. The smallest absolute Gasteiger partial charge is 0.142 e. The molecule has 1 aliphatic heterocycles. The maximum atomic E-state index is 14.2. The Morgan fingerprint density at radius 2 is 1.58 bits per heavy atom. The minimum absolute atomic E-state index is 0.264. The van der Waals surface area contributed by atoms with Crippen LogP contribution in [0.25, 0.3) is 10.9 Å². The third-order valence-corrected chi connectivity index (χ3v) is 4.39. The van der Waals surface area contributed by atoms with E-state index in [1.165, 1.54) is 12.4 Å². The van der Waals surface area contributed by atoms with Crippen LogP contribution in [0.3, 0.4) is 0 Å². The molecule has 1 N–H and O–H groups in total. The highest BCUT2D eigenvalue weighted by atomic mass is 19.1. The first-order chi connectivity index (χ1) is 11.7. The zero-order chi connectivity index (χ0) is 16.5. The fourth-order valence-electron chi connectivity index (χ4n) is 3.13. The zero-order valence-electron chi connectivity index (χ0n) is 13.1. The van der Waals surface area contributed by atoms with Crippen LogP contribution in [-0.4, -0.2) is 41.3 Å². The summed E-state index contributed by atoms with van der Waals surface area (Å²) in [4.78, 5) is 12.8. The highest BCUT2D eigenvalue weighted by Gasteiger charge is 2.21. The molecule has 1 saturated heterocycles. The number of hydrogen-bond acceptors (Lipinski definition) is 5. The van der Waals surface area contributed by atoms with Gasteiger partial charge in [-0.15, -0.1) is 0 Å². The molecule has 0 spiro atoms. The molecule has 122 valence electrons. The maximum absolute atomic E-state index is 14.2. The standard InChI is InChI=1S/C18H17FN4O/c19-15-2-1-3-16-17(15)18(21-12-20-16)23-10-8-22(9-11-23)13-4-6-14(24)7-5-13/h1-7,12,24H,8-11H2. The summed E-state index contributed by atoms with van der Waals surface area (Å²) in [5.74, 6) is 0.632. The Hall–Kier alpha value is -2.89. The summed E-state index contributed by atoms with van der Waals surface area (Å²) in [5.41, 5.74) is 1.70. The SMILES string of the molecule is Oc1ccc(N2CCN(c3ncnc4cccc(F)c34)CC2)cc1. The Bertz CT molecular complexity index is 855. The molecule has 1 aliphatic rings. The summed E-state index contributed by atoms with van der Waals surface area (Å²) in [6.07, 6.45) is 1.49. The summed E-state index contributed by atoms with van der Waals surface area (Å²) in [7, 11) is 0. The summed E-state index contributed by atoms with van der Waals surface area (Å²) in [6, 6.07) is 12.1. The van der Waals surface area contributed by atoms with E-state index < -0.39 is 0 Å². The number of benzene rings is 2. The number of piperazine rings is 1. The molecule has 1 fully saturated rings. The average Bonchev–Trinajstić information content (AvgIpc) is 2.62. The molecule has 0 unspecified atom stereocenters. The lowest BCUT2D eigenvalue weighted by atomic mass is 10.2. The fourth-order valence-corrected chi connectivity index (χ4v) is 3.13. The fraction of sp³-hybridized carbons (Fsp3) is 0.222. The topological polar surface area (TPSA) is 52.5 Å². The van der Waals surface area contributed by atoms with Crippen LogP contribution in [0.4, 0.5) is 15.9 Å². The number of aromatic hydroxyl groups is 1. The number of phenolic OH excluding ortho intramolecular Hbond substituents is 1. The van der Waals surface area contributed by atoms with Gasteiger partial charge in [0, 0.05) is 31.9 Å². The van der Waals surface area contributed by atoms with E-state index >= 15 is 0 Å². The highest BCUT2D eigenvalue weighted by Crippen LogP contribution is 2.27. The Morgan fingerprint density at radius 3 is 2.33 bits per heavy atom. The Labute approximate surface area is 139 Å². The molecule has 24 heavy (non-hydrogen) atoms. The molecule has 0 saturated carbocycles. The van der Waals surface area contributed by atoms with Crippen molar-refractivity contribution in [3.8, 4) is 5.75 Å². The van der Waals surface area contributed by atoms with Gasteiger partial charge in [0.05, 0.1) is 10.9 Å². The minimum Gasteiger partial charge on any atom is -0.508 e. The normalized spacial score (nSPS) is 15.0. The average molecular weight is 324 g/mol. The molecule has 0 aliphatic carbocycles. The van der Waals surface area contributed by atoms with Gasteiger partial charge < -0.3 is 14.9 Å². The summed E-state index contributed by atoms with van der Waals surface area (Å²) >= 11 is 0. The molecule has 2 heterocycles. The van der Waals surface area contributed by atoms with Gasteiger partial charge in [-0.3, -0.25) is 0 Å². The molecular weight excluding hydrogens is 307 g/mol. The van der Waals surface area contributed by atoms with Crippen molar-refractivity contribution in [1.29, 1.82) is 0 Å². The Balaban J connectivity index is 1.57. The van der Waals surface area contributed by atoms with Crippen LogP contribution in [0.2, 0.25) is 0 Å². The lowest BCUT2D eigenvalue weighted by Crippen LogP contribution is -2.47. The summed E-state index contributed by atoms with van der Waals surface area (Å²) in [5, 5.41) is 9.88. The molecule has 2 aromatic carbocycles. The minimum atomic E-state index is -0.288. The molecule has 0 radical (unpaired) electrons. The second-order valence-electron chi connectivity index (χ2n) is 5.82. The maximum Gasteiger partial charge on any atom is 0.142 e. The Kier molecular flexibility index (Phi) is 3.65. The number of rotatable bonds is 2. The molecule has 1 aromatic heterocycles. The van der Waals surface area contributed by atoms with Crippen molar-refractivity contribution < 1.29 is 9.50 Å². The van der Waals surface area contributed by atoms with E-state index in [2.05, 4.69) is 19.8 Å². The van der Waals surface area contributed by atoms with Crippen molar-refractivity contribution in [1.82, 2.24) is 9.97 Å². The van der Waals surface area contributed by atoms with Crippen molar-refractivity contribution in [2.24, 2.45) is 0 Å². The number of anilines is 2. The quantitative estimate of drug-likeness (QED) is 0.785. The van der Waals surface area contributed by atoms with E-state index in [4.69, 9.17) is 0 Å². The number of nitrogens with zero attached hydrogens (tertiary/aromatic N) is 4. The monoisotopic (exact) mass is 324 g/mol. The first kappa shape index (κ1) is 14.7. The van der Waals surface area contributed by atoms with Crippen LogP contribution in [0.1, 0.15) is 0 Å².